The van der Waals surface area contributed by atoms with Crippen LogP contribution in [0.4, 0.5) is 5.69 Å². The molecule has 106 valence electrons. The van der Waals surface area contributed by atoms with E-state index in [4.69, 9.17) is 0 Å². The third-order valence-electron chi connectivity index (χ3n) is 2.69. The first-order valence-corrected chi connectivity index (χ1v) is 7.21. The van der Waals surface area contributed by atoms with Crippen molar-refractivity contribution >= 4 is 17.0 Å². The van der Waals surface area contributed by atoms with Crippen LogP contribution in [0.3, 0.4) is 0 Å². The Kier molecular flexibility index (Phi) is 4.75. The van der Waals surface area contributed by atoms with Crippen LogP contribution in [0.1, 0.15) is 23.9 Å². The molecule has 0 unspecified atom stereocenters. The van der Waals surface area contributed by atoms with Gasteiger partial charge < -0.3 is 5.32 Å². The van der Waals surface area contributed by atoms with E-state index >= 15 is 0 Å². The first kappa shape index (κ1) is 14.5. The Labute approximate surface area is 121 Å². The number of nitrogens with one attached hydrogen (secondary N) is 1. The van der Waals surface area contributed by atoms with Gasteiger partial charge in [0.2, 0.25) is 0 Å². The highest BCUT2D eigenvalue weighted by molar-refractivity contribution is 7.14. The third-order valence-corrected chi connectivity index (χ3v) is 3.66. The number of aromatic nitrogens is 2. The van der Waals surface area contributed by atoms with Crippen molar-refractivity contribution < 1.29 is 4.92 Å². The summed E-state index contributed by atoms with van der Waals surface area (Å²) in [5.41, 5.74) is 1.67. The molecule has 0 saturated carbocycles. The number of benzene rings is 1. The van der Waals surface area contributed by atoms with E-state index in [9.17, 15) is 10.1 Å². The zero-order valence-electron chi connectivity index (χ0n) is 11.4. The van der Waals surface area contributed by atoms with Gasteiger partial charge in [0, 0.05) is 24.2 Å². The average Bonchev–Trinajstić information content (AvgIpc) is 2.87. The summed E-state index contributed by atoms with van der Waals surface area (Å²) in [5.74, 6) is 0. The standard InChI is InChI=1S/C13H16N4O2S/c1-3-4-14-8-12-15-16-13(20-12)10-5-9(2)6-11(7-10)17(18)19/h5-7,14H,3-4,8H2,1-2H3. The second kappa shape index (κ2) is 6.53. The summed E-state index contributed by atoms with van der Waals surface area (Å²) in [4.78, 5) is 10.5. The lowest BCUT2D eigenvalue weighted by Crippen LogP contribution is -2.13. The van der Waals surface area contributed by atoms with Crippen molar-refractivity contribution in [1.29, 1.82) is 0 Å². The molecule has 2 aromatic rings. The average molecular weight is 292 g/mol. The Bertz CT molecular complexity index is 612. The van der Waals surface area contributed by atoms with E-state index in [1.807, 2.05) is 13.0 Å². The van der Waals surface area contributed by atoms with E-state index < -0.39 is 0 Å². The van der Waals surface area contributed by atoms with E-state index in [-0.39, 0.29) is 10.6 Å². The van der Waals surface area contributed by atoms with Crippen molar-refractivity contribution in [3.8, 4) is 10.6 Å². The number of hydrogen-bond acceptors (Lipinski definition) is 6. The molecule has 0 bridgehead atoms. The first-order valence-electron chi connectivity index (χ1n) is 6.39. The van der Waals surface area contributed by atoms with Gasteiger partial charge in [-0.3, -0.25) is 10.1 Å². The molecule has 1 aromatic carbocycles. The van der Waals surface area contributed by atoms with Crippen molar-refractivity contribution in [3.05, 3.63) is 38.9 Å². The van der Waals surface area contributed by atoms with Gasteiger partial charge in [-0.25, -0.2) is 0 Å². The fourth-order valence-corrected chi connectivity index (χ4v) is 2.60. The number of aryl methyl sites for hydroxylation is 1. The van der Waals surface area contributed by atoms with E-state index in [1.54, 1.807) is 6.07 Å². The molecule has 7 heteroatoms. The lowest BCUT2D eigenvalue weighted by Gasteiger charge is -1.99. The van der Waals surface area contributed by atoms with Gasteiger partial charge in [0.25, 0.3) is 5.69 Å². The van der Waals surface area contributed by atoms with E-state index in [1.165, 1.54) is 17.4 Å². The second-order valence-electron chi connectivity index (χ2n) is 4.49. The molecule has 1 aromatic heterocycles. The molecule has 0 fully saturated rings. The summed E-state index contributed by atoms with van der Waals surface area (Å²) in [6.45, 7) is 5.55. The number of nitro benzene ring substituents is 1. The first-order chi connectivity index (χ1) is 9.60. The third kappa shape index (κ3) is 3.58. The number of hydrogen-bond donors (Lipinski definition) is 1. The highest BCUT2D eigenvalue weighted by Crippen LogP contribution is 2.28. The fourth-order valence-electron chi connectivity index (χ4n) is 1.81. The van der Waals surface area contributed by atoms with Crippen LogP contribution in [0.2, 0.25) is 0 Å². The van der Waals surface area contributed by atoms with Gasteiger partial charge >= 0.3 is 0 Å². The van der Waals surface area contributed by atoms with Crippen LogP contribution in [0.15, 0.2) is 18.2 Å². The summed E-state index contributed by atoms with van der Waals surface area (Å²) < 4.78 is 0. The Hall–Kier alpha value is -1.86. The molecule has 1 N–H and O–H groups in total. The normalized spacial score (nSPS) is 10.7. The Morgan fingerprint density at radius 1 is 1.35 bits per heavy atom. The zero-order chi connectivity index (χ0) is 14.5. The molecule has 6 nitrogen and oxygen atoms in total. The van der Waals surface area contributed by atoms with Crippen LogP contribution in [-0.2, 0) is 6.54 Å². The quantitative estimate of drug-likeness (QED) is 0.503. The molecule has 0 aliphatic heterocycles. The molecule has 0 atom stereocenters. The molecule has 2 rings (SSSR count). The summed E-state index contributed by atoms with van der Waals surface area (Å²) in [5, 5.41) is 24.0. The molecule has 0 amide bonds. The minimum Gasteiger partial charge on any atom is -0.310 e. The van der Waals surface area contributed by atoms with Crippen LogP contribution in [0, 0.1) is 17.0 Å². The molecular formula is C13H16N4O2S. The van der Waals surface area contributed by atoms with Gasteiger partial charge in [0.1, 0.15) is 10.0 Å². The second-order valence-corrected chi connectivity index (χ2v) is 5.55. The summed E-state index contributed by atoms with van der Waals surface area (Å²) in [7, 11) is 0. The van der Waals surface area contributed by atoms with E-state index in [0.29, 0.717) is 11.6 Å². The van der Waals surface area contributed by atoms with Gasteiger partial charge in [0.15, 0.2) is 0 Å². The predicted molar refractivity (Wildman–Crippen MR) is 78.7 cm³/mol. The molecule has 0 aliphatic carbocycles. The lowest BCUT2D eigenvalue weighted by molar-refractivity contribution is -0.384. The van der Waals surface area contributed by atoms with Crippen molar-refractivity contribution in [2.45, 2.75) is 26.8 Å². The highest BCUT2D eigenvalue weighted by Gasteiger charge is 2.12. The lowest BCUT2D eigenvalue weighted by atomic mass is 10.1. The largest absolute Gasteiger partial charge is 0.310 e. The van der Waals surface area contributed by atoms with E-state index in [0.717, 1.165) is 29.1 Å². The smallest absolute Gasteiger partial charge is 0.270 e. The van der Waals surface area contributed by atoms with Crippen molar-refractivity contribution in [3.63, 3.8) is 0 Å². The fraction of sp³-hybridized carbons (Fsp3) is 0.385. The molecular weight excluding hydrogens is 276 g/mol. The van der Waals surface area contributed by atoms with Crippen molar-refractivity contribution in [2.24, 2.45) is 0 Å². The maximum Gasteiger partial charge on any atom is 0.270 e. The Balaban J connectivity index is 2.21. The SMILES string of the molecule is CCCNCc1nnc(-c2cc(C)cc([N+](=O)[O-])c2)s1. The Morgan fingerprint density at radius 3 is 2.85 bits per heavy atom. The monoisotopic (exact) mass is 292 g/mol. The summed E-state index contributed by atoms with van der Waals surface area (Å²) in [6, 6.07) is 4.97. The van der Waals surface area contributed by atoms with Crippen LogP contribution in [0.25, 0.3) is 10.6 Å². The van der Waals surface area contributed by atoms with Crippen LogP contribution in [0.5, 0.6) is 0 Å². The molecule has 0 spiro atoms. The van der Waals surface area contributed by atoms with Crippen LogP contribution in [-0.4, -0.2) is 21.7 Å². The van der Waals surface area contributed by atoms with Gasteiger partial charge in [-0.15, -0.1) is 10.2 Å². The number of nitro groups is 1. The minimum atomic E-state index is -0.388. The van der Waals surface area contributed by atoms with Gasteiger partial charge in [-0.1, -0.05) is 18.3 Å². The predicted octanol–water partition coefficient (Wildman–Crippen LogP) is 2.92. The van der Waals surface area contributed by atoms with Crippen LogP contribution < -0.4 is 5.32 Å². The molecule has 0 radical (unpaired) electrons. The van der Waals surface area contributed by atoms with Crippen molar-refractivity contribution in [2.75, 3.05) is 6.54 Å². The molecule has 0 saturated heterocycles. The van der Waals surface area contributed by atoms with Crippen molar-refractivity contribution in [1.82, 2.24) is 15.5 Å². The van der Waals surface area contributed by atoms with Gasteiger partial charge in [-0.2, -0.15) is 0 Å². The maximum absolute atomic E-state index is 10.9. The van der Waals surface area contributed by atoms with E-state index in [2.05, 4.69) is 22.4 Å². The summed E-state index contributed by atoms with van der Waals surface area (Å²) in [6.07, 6.45) is 1.07. The Morgan fingerprint density at radius 2 is 2.15 bits per heavy atom. The van der Waals surface area contributed by atoms with Crippen LogP contribution >= 0.6 is 11.3 Å². The topological polar surface area (TPSA) is 81.0 Å². The maximum atomic E-state index is 10.9. The summed E-state index contributed by atoms with van der Waals surface area (Å²) >= 11 is 1.46. The zero-order valence-corrected chi connectivity index (χ0v) is 12.2. The molecule has 1 heterocycles. The molecule has 20 heavy (non-hydrogen) atoms. The van der Waals surface area contributed by atoms with Gasteiger partial charge in [0.05, 0.1) is 4.92 Å². The van der Waals surface area contributed by atoms with Gasteiger partial charge in [-0.05, 0) is 31.5 Å². The number of nitrogens with zero attached hydrogens (tertiary/aromatic N) is 3. The minimum absolute atomic E-state index is 0.0841. The number of non-ortho nitro benzene ring substituents is 1. The highest BCUT2D eigenvalue weighted by atomic mass is 32.1. The molecule has 0 aliphatic rings. The number of rotatable bonds is 6.